The van der Waals surface area contributed by atoms with Crippen molar-refractivity contribution in [3.05, 3.63) is 35.4 Å². The van der Waals surface area contributed by atoms with Gasteiger partial charge in [0.2, 0.25) is 0 Å². The van der Waals surface area contributed by atoms with Crippen LogP contribution in [0.2, 0.25) is 0 Å². The Morgan fingerprint density at radius 3 is 2.24 bits per heavy atom. The van der Waals surface area contributed by atoms with E-state index in [9.17, 15) is 8.78 Å². The third-order valence-electron chi connectivity index (χ3n) is 5.02. The van der Waals surface area contributed by atoms with Gasteiger partial charge in [0.25, 0.3) is 0 Å². The average molecular weight is 296 g/mol. The summed E-state index contributed by atoms with van der Waals surface area (Å²) in [6, 6.07) is 3.98. The van der Waals surface area contributed by atoms with Crippen LogP contribution in [0.15, 0.2) is 18.2 Å². The molecule has 0 amide bonds. The molecule has 1 atom stereocenters. The highest BCUT2D eigenvalue weighted by Crippen LogP contribution is 2.33. The number of nitrogens with two attached hydrogens (primary N) is 1. The van der Waals surface area contributed by atoms with Crippen LogP contribution in [0.4, 0.5) is 8.78 Å². The molecule has 2 nitrogen and oxygen atoms in total. The zero-order chi connectivity index (χ0) is 15.4. The highest BCUT2D eigenvalue weighted by Gasteiger charge is 2.30. The molecule has 21 heavy (non-hydrogen) atoms. The van der Waals surface area contributed by atoms with Gasteiger partial charge in [0.05, 0.1) is 6.04 Å². The molecule has 1 aliphatic rings. The first-order valence-corrected chi connectivity index (χ1v) is 7.94. The highest BCUT2D eigenvalue weighted by atomic mass is 19.1. The van der Waals surface area contributed by atoms with Gasteiger partial charge in [-0.05, 0) is 50.8 Å². The molecule has 1 aromatic carbocycles. The van der Waals surface area contributed by atoms with Crippen molar-refractivity contribution in [2.45, 2.75) is 51.1 Å². The number of hydrogen-bond donors (Lipinski definition) is 1. The van der Waals surface area contributed by atoms with Crippen LogP contribution in [0.25, 0.3) is 0 Å². The van der Waals surface area contributed by atoms with Crippen molar-refractivity contribution < 1.29 is 8.78 Å². The second kappa shape index (κ2) is 7.32. The summed E-state index contributed by atoms with van der Waals surface area (Å²) in [5, 5.41) is 0. The average Bonchev–Trinajstić information content (AvgIpc) is 2.50. The third kappa shape index (κ3) is 3.61. The monoisotopic (exact) mass is 296 g/mol. The summed E-state index contributed by atoms with van der Waals surface area (Å²) in [4.78, 5) is 2.08. The van der Waals surface area contributed by atoms with Gasteiger partial charge in [-0.25, -0.2) is 8.78 Å². The Balaban J connectivity index is 2.14. The van der Waals surface area contributed by atoms with E-state index in [-0.39, 0.29) is 12.1 Å². The van der Waals surface area contributed by atoms with Crippen LogP contribution < -0.4 is 5.73 Å². The number of hydrogen-bond acceptors (Lipinski definition) is 2. The Morgan fingerprint density at radius 2 is 1.76 bits per heavy atom. The van der Waals surface area contributed by atoms with Crippen molar-refractivity contribution >= 4 is 0 Å². The lowest BCUT2D eigenvalue weighted by Crippen LogP contribution is -2.41. The van der Waals surface area contributed by atoms with Gasteiger partial charge < -0.3 is 5.73 Å². The summed E-state index contributed by atoms with van der Waals surface area (Å²) in [5.74, 6) is -0.199. The molecule has 4 heteroatoms. The van der Waals surface area contributed by atoms with Crippen molar-refractivity contribution in [3.63, 3.8) is 0 Å². The Morgan fingerprint density at radius 1 is 1.19 bits per heavy atom. The predicted octanol–water partition coefficient (Wildman–Crippen LogP) is 3.87. The molecule has 1 fully saturated rings. The van der Waals surface area contributed by atoms with E-state index >= 15 is 0 Å². The molecule has 0 spiro atoms. The predicted molar refractivity (Wildman–Crippen MR) is 82.0 cm³/mol. The Bertz CT molecular complexity index is 436. The smallest absolute Gasteiger partial charge is 0.130 e. The molecule has 0 saturated heterocycles. The molecule has 0 aliphatic heterocycles. The minimum absolute atomic E-state index is 0.111. The van der Waals surface area contributed by atoms with Crippen LogP contribution >= 0.6 is 0 Å². The summed E-state index contributed by atoms with van der Waals surface area (Å²) in [5.41, 5.74) is 5.94. The van der Waals surface area contributed by atoms with E-state index in [0.717, 1.165) is 18.8 Å². The van der Waals surface area contributed by atoms with Gasteiger partial charge in [0.1, 0.15) is 11.6 Å². The minimum atomic E-state index is -0.500. The quantitative estimate of drug-likeness (QED) is 0.894. The molecule has 0 heterocycles. The van der Waals surface area contributed by atoms with Gasteiger partial charge in [-0.15, -0.1) is 0 Å². The molecular weight excluding hydrogens is 270 g/mol. The van der Waals surface area contributed by atoms with E-state index in [1.54, 1.807) is 0 Å². The largest absolute Gasteiger partial charge is 0.329 e. The number of likely N-dealkylation sites (N-methyl/N-ethyl adjacent to an activating group) is 1. The van der Waals surface area contributed by atoms with E-state index in [1.807, 2.05) is 7.05 Å². The van der Waals surface area contributed by atoms with Gasteiger partial charge >= 0.3 is 0 Å². The van der Waals surface area contributed by atoms with Crippen molar-refractivity contribution in [2.75, 3.05) is 13.6 Å². The number of halogens is 2. The van der Waals surface area contributed by atoms with Gasteiger partial charge in [-0.3, -0.25) is 4.90 Å². The fourth-order valence-electron chi connectivity index (χ4n) is 3.53. The van der Waals surface area contributed by atoms with Crippen LogP contribution in [0.1, 0.15) is 50.6 Å². The Labute approximate surface area is 126 Å². The van der Waals surface area contributed by atoms with Crippen LogP contribution in [0.3, 0.4) is 0 Å². The molecule has 1 aromatic rings. The van der Waals surface area contributed by atoms with Gasteiger partial charge in [-0.2, -0.15) is 0 Å². The summed E-state index contributed by atoms with van der Waals surface area (Å²) < 4.78 is 28.0. The third-order valence-corrected chi connectivity index (χ3v) is 5.02. The van der Waals surface area contributed by atoms with Crippen molar-refractivity contribution in [3.8, 4) is 0 Å². The molecule has 0 aromatic heterocycles. The minimum Gasteiger partial charge on any atom is -0.329 e. The first kappa shape index (κ1) is 16.4. The molecule has 2 rings (SSSR count). The van der Waals surface area contributed by atoms with Crippen LogP contribution in [-0.4, -0.2) is 24.5 Å². The molecular formula is C17H26F2N2. The molecule has 1 aliphatic carbocycles. The fourth-order valence-corrected chi connectivity index (χ4v) is 3.53. The molecule has 118 valence electrons. The summed E-state index contributed by atoms with van der Waals surface area (Å²) in [6.07, 6.45) is 5.78. The molecule has 1 saturated carbocycles. The maximum Gasteiger partial charge on any atom is 0.130 e. The normalized spacial score (nSPS) is 24.3. The fraction of sp³-hybridized carbons (Fsp3) is 0.647. The highest BCUT2D eigenvalue weighted by molar-refractivity contribution is 5.24. The number of rotatable bonds is 5. The first-order chi connectivity index (χ1) is 10.1. The lowest BCUT2D eigenvalue weighted by atomic mass is 9.83. The van der Waals surface area contributed by atoms with Crippen molar-refractivity contribution in [1.29, 1.82) is 0 Å². The summed E-state index contributed by atoms with van der Waals surface area (Å²) in [7, 11) is 1.94. The SMILES string of the molecule is CCC1CCC(N(C)C(CN)c2c(F)cccc2F)CC1. The second-order valence-electron chi connectivity index (χ2n) is 6.14. The van der Waals surface area contributed by atoms with Gasteiger partial charge in [0, 0.05) is 18.2 Å². The van der Waals surface area contributed by atoms with E-state index in [1.165, 1.54) is 37.5 Å². The number of benzene rings is 1. The number of nitrogens with zero attached hydrogens (tertiary/aromatic N) is 1. The topological polar surface area (TPSA) is 29.3 Å². The van der Waals surface area contributed by atoms with E-state index < -0.39 is 17.7 Å². The second-order valence-corrected chi connectivity index (χ2v) is 6.14. The van der Waals surface area contributed by atoms with Crippen LogP contribution in [0, 0.1) is 17.6 Å². The zero-order valence-corrected chi connectivity index (χ0v) is 13.0. The molecule has 0 radical (unpaired) electrons. The first-order valence-electron chi connectivity index (χ1n) is 7.94. The summed E-state index contributed by atoms with van der Waals surface area (Å²) >= 11 is 0. The zero-order valence-electron chi connectivity index (χ0n) is 13.0. The Hall–Kier alpha value is -1.00. The van der Waals surface area contributed by atoms with Crippen molar-refractivity contribution in [1.82, 2.24) is 4.90 Å². The molecule has 0 bridgehead atoms. The van der Waals surface area contributed by atoms with Gasteiger partial charge in [0.15, 0.2) is 0 Å². The van der Waals surface area contributed by atoms with Gasteiger partial charge in [-0.1, -0.05) is 19.4 Å². The van der Waals surface area contributed by atoms with E-state index in [2.05, 4.69) is 11.8 Å². The maximum absolute atomic E-state index is 14.0. The molecule has 1 unspecified atom stereocenters. The lowest BCUT2D eigenvalue weighted by molar-refractivity contribution is 0.118. The lowest BCUT2D eigenvalue weighted by Gasteiger charge is -2.39. The maximum atomic E-state index is 14.0. The van der Waals surface area contributed by atoms with E-state index in [0.29, 0.717) is 6.04 Å². The van der Waals surface area contributed by atoms with Crippen molar-refractivity contribution in [2.24, 2.45) is 11.7 Å². The molecule has 2 N–H and O–H groups in total. The van der Waals surface area contributed by atoms with E-state index in [4.69, 9.17) is 5.73 Å². The summed E-state index contributed by atoms with van der Waals surface area (Å²) in [6.45, 7) is 2.45. The van der Waals surface area contributed by atoms with Crippen LogP contribution in [-0.2, 0) is 0 Å². The standard InChI is InChI=1S/C17H26F2N2/c1-3-12-7-9-13(10-8-12)21(2)16(11-20)17-14(18)5-4-6-15(17)19/h4-6,12-13,16H,3,7-11,20H2,1-2H3. The van der Waals surface area contributed by atoms with Crippen LogP contribution in [0.5, 0.6) is 0 Å². The Kier molecular flexibility index (Phi) is 5.71.